The Kier molecular flexibility index (Phi) is 4.93. The summed E-state index contributed by atoms with van der Waals surface area (Å²) in [6.07, 6.45) is -2.90. The van der Waals surface area contributed by atoms with E-state index in [1.54, 1.807) is 6.92 Å². The van der Waals surface area contributed by atoms with Gasteiger partial charge >= 0.3 is 6.18 Å². The molecule has 0 radical (unpaired) electrons. The van der Waals surface area contributed by atoms with Crippen molar-refractivity contribution in [3.8, 4) is 0 Å². The number of anilines is 2. The number of hydrazine groups is 1. The summed E-state index contributed by atoms with van der Waals surface area (Å²) in [4.78, 5) is 9.39. The van der Waals surface area contributed by atoms with Crippen LogP contribution >= 0.6 is 0 Å². The van der Waals surface area contributed by atoms with Crippen LogP contribution in [0, 0.1) is 6.92 Å². The molecule has 19 heavy (non-hydrogen) atoms. The summed E-state index contributed by atoms with van der Waals surface area (Å²) >= 11 is 0. The molecule has 0 saturated carbocycles. The molecule has 1 aromatic heterocycles. The molecule has 0 aliphatic heterocycles. The van der Waals surface area contributed by atoms with Crippen molar-refractivity contribution in [1.29, 1.82) is 0 Å². The smallest absolute Gasteiger partial charge is 0.350 e. The Morgan fingerprint density at radius 1 is 1.32 bits per heavy atom. The maximum absolute atomic E-state index is 12.4. The molecule has 5 nitrogen and oxygen atoms in total. The lowest BCUT2D eigenvalue weighted by molar-refractivity contribution is -0.119. The molecule has 3 N–H and O–H groups in total. The van der Waals surface area contributed by atoms with Gasteiger partial charge in [0.1, 0.15) is 24.0 Å². The molecule has 0 atom stereocenters. The van der Waals surface area contributed by atoms with Crippen molar-refractivity contribution in [3.63, 3.8) is 0 Å². The van der Waals surface area contributed by atoms with Gasteiger partial charge in [0, 0.05) is 19.0 Å². The van der Waals surface area contributed by atoms with Crippen molar-refractivity contribution >= 4 is 11.6 Å². The molecule has 0 fully saturated rings. The van der Waals surface area contributed by atoms with Gasteiger partial charge in [0.2, 0.25) is 0 Å². The van der Waals surface area contributed by atoms with Crippen LogP contribution in [0.3, 0.4) is 0 Å². The van der Waals surface area contributed by atoms with Gasteiger partial charge in [-0.05, 0) is 13.3 Å². The molecular weight excluding hydrogens is 259 g/mol. The Labute approximate surface area is 110 Å². The highest BCUT2D eigenvalue weighted by Crippen LogP contribution is 2.25. The second kappa shape index (κ2) is 6.05. The zero-order chi connectivity index (χ0) is 14.6. The second-order valence-electron chi connectivity index (χ2n) is 4.30. The summed E-state index contributed by atoms with van der Waals surface area (Å²) in [5.74, 6) is 6.40. The molecule has 0 unspecified atom stereocenters. The van der Waals surface area contributed by atoms with Gasteiger partial charge in [0.25, 0.3) is 0 Å². The van der Waals surface area contributed by atoms with Crippen LogP contribution < -0.4 is 16.2 Å². The molecule has 8 heteroatoms. The van der Waals surface area contributed by atoms with Crippen LogP contribution in [0.15, 0.2) is 0 Å². The van der Waals surface area contributed by atoms with Crippen LogP contribution in [0.5, 0.6) is 0 Å². The Morgan fingerprint density at radius 2 is 1.95 bits per heavy atom. The van der Waals surface area contributed by atoms with Gasteiger partial charge in [-0.2, -0.15) is 13.2 Å². The van der Waals surface area contributed by atoms with Crippen molar-refractivity contribution in [2.24, 2.45) is 5.84 Å². The van der Waals surface area contributed by atoms with Gasteiger partial charge in [-0.1, -0.05) is 6.92 Å². The first kappa shape index (κ1) is 15.5. The highest BCUT2D eigenvalue weighted by atomic mass is 19.4. The molecule has 108 valence electrons. The van der Waals surface area contributed by atoms with Gasteiger partial charge in [-0.15, -0.1) is 0 Å². The van der Waals surface area contributed by atoms with Crippen LogP contribution in [0.2, 0.25) is 0 Å². The van der Waals surface area contributed by atoms with Crippen molar-refractivity contribution < 1.29 is 13.2 Å². The molecule has 0 spiro atoms. The predicted molar refractivity (Wildman–Crippen MR) is 67.9 cm³/mol. The van der Waals surface area contributed by atoms with Crippen molar-refractivity contribution in [2.45, 2.75) is 32.9 Å². The van der Waals surface area contributed by atoms with Crippen LogP contribution in [0.1, 0.15) is 24.7 Å². The maximum atomic E-state index is 12.4. The predicted octanol–water partition coefficient (Wildman–Crippen LogP) is 2.02. The van der Waals surface area contributed by atoms with E-state index in [1.165, 1.54) is 7.05 Å². The molecular formula is C11H18F3N5. The summed E-state index contributed by atoms with van der Waals surface area (Å²) in [5.41, 5.74) is 2.89. The third-order valence-electron chi connectivity index (χ3n) is 2.55. The normalized spacial score (nSPS) is 11.5. The first-order chi connectivity index (χ1) is 8.78. The Bertz CT molecular complexity index is 433. The number of nitrogens with one attached hydrogen (secondary N) is 1. The molecule has 0 saturated heterocycles. The first-order valence-corrected chi connectivity index (χ1v) is 5.90. The maximum Gasteiger partial charge on any atom is 0.405 e. The van der Waals surface area contributed by atoms with E-state index in [0.717, 1.165) is 11.3 Å². The van der Waals surface area contributed by atoms with Crippen LogP contribution in [-0.4, -0.2) is 29.7 Å². The van der Waals surface area contributed by atoms with E-state index in [0.29, 0.717) is 23.6 Å². The fourth-order valence-electron chi connectivity index (χ4n) is 1.74. The van der Waals surface area contributed by atoms with Crippen molar-refractivity contribution in [2.75, 3.05) is 23.9 Å². The molecule has 1 rings (SSSR count). The SMILES string of the molecule is CCCc1nc(NN)c(C)c(N(C)CC(F)(F)F)n1. The number of hydrogen-bond donors (Lipinski definition) is 2. The monoisotopic (exact) mass is 277 g/mol. The van der Waals surface area contributed by atoms with E-state index in [-0.39, 0.29) is 5.82 Å². The van der Waals surface area contributed by atoms with Crippen molar-refractivity contribution in [3.05, 3.63) is 11.4 Å². The summed E-state index contributed by atoms with van der Waals surface area (Å²) in [6, 6.07) is 0. The number of nitrogens with two attached hydrogens (primary N) is 1. The average Bonchev–Trinajstić information content (AvgIpc) is 2.29. The number of nitrogens with zero attached hydrogens (tertiary/aromatic N) is 3. The Balaban J connectivity index is 3.13. The van der Waals surface area contributed by atoms with Crippen LogP contribution in [0.25, 0.3) is 0 Å². The molecule has 0 bridgehead atoms. The summed E-state index contributed by atoms with van der Waals surface area (Å²) < 4.78 is 37.3. The van der Waals surface area contributed by atoms with Gasteiger partial charge in [-0.25, -0.2) is 15.8 Å². The largest absolute Gasteiger partial charge is 0.405 e. The minimum atomic E-state index is -4.28. The fourth-order valence-corrected chi connectivity index (χ4v) is 1.74. The first-order valence-electron chi connectivity index (χ1n) is 5.90. The van der Waals surface area contributed by atoms with E-state index in [9.17, 15) is 13.2 Å². The van der Waals surface area contributed by atoms with E-state index < -0.39 is 12.7 Å². The Hall–Kier alpha value is -1.57. The molecule has 0 amide bonds. The van der Waals surface area contributed by atoms with E-state index in [2.05, 4.69) is 15.4 Å². The van der Waals surface area contributed by atoms with Gasteiger partial charge in [0.05, 0.1) is 0 Å². The molecule has 1 aromatic rings. The number of halogens is 3. The standard InChI is InChI=1S/C11H18F3N5/c1-4-5-8-16-9(18-15)7(2)10(17-8)19(3)6-11(12,13)14/h4-6,15H2,1-3H3,(H,16,17,18). The summed E-state index contributed by atoms with van der Waals surface area (Å²) in [5, 5.41) is 0. The topological polar surface area (TPSA) is 67.1 Å². The molecule has 1 heterocycles. The lowest BCUT2D eigenvalue weighted by Crippen LogP contribution is -2.32. The summed E-state index contributed by atoms with van der Waals surface area (Å²) in [6.45, 7) is 2.51. The second-order valence-corrected chi connectivity index (χ2v) is 4.30. The molecule has 0 aromatic carbocycles. The average molecular weight is 277 g/mol. The lowest BCUT2D eigenvalue weighted by Gasteiger charge is -2.23. The zero-order valence-electron chi connectivity index (χ0n) is 11.2. The third kappa shape index (κ3) is 4.23. The third-order valence-corrected chi connectivity index (χ3v) is 2.55. The van der Waals surface area contributed by atoms with Gasteiger partial charge in [-0.3, -0.25) is 0 Å². The van der Waals surface area contributed by atoms with Crippen molar-refractivity contribution in [1.82, 2.24) is 9.97 Å². The van der Waals surface area contributed by atoms with E-state index >= 15 is 0 Å². The van der Waals surface area contributed by atoms with E-state index in [1.807, 2.05) is 6.92 Å². The fraction of sp³-hybridized carbons (Fsp3) is 0.636. The number of aromatic nitrogens is 2. The molecule has 0 aliphatic rings. The van der Waals surface area contributed by atoms with Gasteiger partial charge in [0.15, 0.2) is 0 Å². The summed E-state index contributed by atoms with van der Waals surface area (Å²) in [7, 11) is 1.35. The Morgan fingerprint density at radius 3 is 2.42 bits per heavy atom. The van der Waals surface area contributed by atoms with Crippen LogP contribution in [-0.2, 0) is 6.42 Å². The quantitative estimate of drug-likeness (QED) is 0.636. The number of nitrogen functional groups attached to an aromatic ring is 1. The van der Waals surface area contributed by atoms with Gasteiger partial charge < -0.3 is 10.3 Å². The highest BCUT2D eigenvalue weighted by molar-refractivity contribution is 5.57. The zero-order valence-corrected chi connectivity index (χ0v) is 11.2. The highest BCUT2D eigenvalue weighted by Gasteiger charge is 2.30. The number of rotatable bonds is 5. The lowest BCUT2D eigenvalue weighted by atomic mass is 10.2. The van der Waals surface area contributed by atoms with E-state index in [4.69, 9.17) is 5.84 Å². The minimum Gasteiger partial charge on any atom is -0.350 e. The number of aryl methyl sites for hydroxylation is 1. The number of alkyl halides is 3. The molecule has 0 aliphatic carbocycles. The number of hydrogen-bond acceptors (Lipinski definition) is 5. The van der Waals surface area contributed by atoms with Crippen LogP contribution in [0.4, 0.5) is 24.8 Å². The minimum absolute atomic E-state index is 0.240.